The number of nitrogens with zero attached hydrogens (tertiary/aromatic N) is 1. The molecule has 4 rings (SSSR count). The quantitative estimate of drug-likeness (QED) is 0.594. The Labute approximate surface area is 173 Å². The van der Waals surface area contributed by atoms with Gasteiger partial charge in [-0.25, -0.2) is 9.78 Å². The molecule has 28 heavy (non-hydrogen) atoms. The van der Waals surface area contributed by atoms with Crippen LogP contribution in [0.5, 0.6) is 0 Å². The smallest absolute Gasteiger partial charge is 0.372 e. The van der Waals surface area contributed by atoms with Gasteiger partial charge in [-0.15, -0.1) is 23.7 Å². The predicted molar refractivity (Wildman–Crippen MR) is 115 cm³/mol. The van der Waals surface area contributed by atoms with E-state index >= 15 is 0 Å². The van der Waals surface area contributed by atoms with Crippen LogP contribution in [0.2, 0.25) is 0 Å². The van der Waals surface area contributed by atoms with Crippen molar-refractivity contribution in [1.29, 1.82) is 0 Å². The minimum atomic E-state index is -1.20. The van der Waals surface area contributed by atoms with Crippen molar-refractivity contribution in [2.75, 3.05) is 0 Å². The Morgan fingerprint density at radius 2 is 2.11 bits per heavy atom. The second-order valence-corrected chi connectivity index (χ2v) is 7.94. The molecule has 2 aromatic heterocycles. The van der Waals surface area contributed by atoms with Gasteiger partial charge in [0.05, 0.1) is 5.39 Å². The number of hydrogen-bond acceptors (Lipinski definition) is 5. The van der Waals surface area contributed by atoms with Gasteiger partial charge in [0.1, 0.15) is 4.83 Å². The number of hydrogen-bond donors (Lipinski definition) is 3. The third-order valence-corrected chi connectivity index (χ3v) is 5.82. The third kappa shape index (κ3) is 4.60. The zero-order valence-electron chi connectivity index (χ0n) is 15.8. The molecule has 0 aliphatic heterocycles. The Kier molecular flexibility index (Phi) is 7.35. The van der Waals surface area contributed by atoms with E-state index < -0.39 is 5.97 Å². The predicted octanol–water partition coefficient (Wildman–Crippen LogP) is 3.86. The Balaban J connectivity index is 0.000000208. The van der Waals surface area contributed by atoms with E-state index in [1.807, 2.05) is 0 Å². The fraction of sp³-hybridized carbons (Fsp3) is 0.350. The molecule has 1 aliphatic carbocycles. The van der Waals surface area contributed by atoms with Crippen LogP contribution in [0.25, 0.3) is 10.2 Å². The van der Waals surface area contributed by atoms with E-state index in [2.05, 4.69) is 48.1 Å². The SMILES string of the molecule is CC(C)c1cccc(CN)c1.Cl.O=C(O)c1nc2sc3c(c2c(=O)[nH]1)CCC3. The largest absolute Gasteiger partial charge is 0.475 e. The van der Waals surface area contributed by atoms with Crippen molar-refractivity contribution in [3.8, 4) is 0 Å². The van der Waals surface area contributed by atoms with Gasteiger partial charge in [0.25, 0.3) is 5.56 Å². The fourth-order valence-corrected chi connectivity index (χ4v) is 4.44. The molecule has 1 aliphatic rings. The number of rotatable bonds is 3. The van der Waals surface area contributed by atoms with Crippen LogP contribution in [-0.2, 0) is 19.4 Å². The number of nitrogens with one attached hydrogen (secondary N) is 1. The minimum Gasteiger partial charge on any atom is -0.475 e. The number of aromatic nitrogens is 2. The summed E-state index contributed by atoms with van der Waals surface area (Å²) in [6.07, 6.45) is 2.93. The van der Waals surface area contributed by atoms with Crippen LogP contribution in [0, 0.1) is 0 Å². The monoisotopic (exact) mass is 421 g/mol. The van der Waals surface area contributed by atoms with E-state index in [1.165, 1.54) is 27.3 Å². The average Bonchev–Trinajstić information content (AvgIpc) is 3.22. The number of carboxylic acids is 1. The maximum absolute atomic E-state index is 11.8. The zero-order chi connectivity index (χ0) is 19.6. The van der Waals surface area contributed by atoms with Crippen LogP contribution in [0.3, 0.4) is 0 Å². The van der Waals surface area contributed by atoms with E-state index in [0.717, 1.165) is 24.8 Å². The highest BCUT2D eigenvalue weighted by molar-refractivity contribution is 7.18. The normalized spacial score (nSPS) is 12.3. The van der Waals surface area contributed by atoms with Gasteiger partial charge in [-0.2, -0.15) is 0 Å². The number of thiophene rings is 1. The zero-order valence-corrected chi connectivity index (χ0v) is 17.5. The van der Waals surface area contributed by atoms with Crippen LogP contribution < -0.4 is 11.3 Å². The molecule has 0 fully saturated rings. The number of nitrogens with two attached hydrogens (primary N) is 1. The molecule has 0 saturated heterocycles. The Bertz CT molecular complexity index is 1040. The van der Waals surface area contributed by atoms with E-state index in [4.69, 9.17) is 10.8 Å². The molecule has 0 atom stereocenters. The second kappa shape index (κ2) is 9.32. The standard InChI is InChI=1S/C10H8N2O3S.C10H15N.ClH/c13-8-6-4-2-1-3-5(4)16-9(6)12-7(11-8)10(14)15;1-8(2)10-5-3-4-9(6-10)7-11;/h1-3H2,(H,14,15)(H,11,12,13);3-6,8H,7,11H2,1-2H3;1H. The van der Waals surface area contributed by atoms with Gasteiger partial charge in [0.15, 0.2) is 0 Å². The van der Waals surface area contributed by atoms with Gasteiger partial charge in [-0.05, 0) is 41.9 Å². The highest BCUT2D eigenvalue weighted by atomic mass is 35.5. The van der Waals surface area contributed by atoms with Crippen molar-refractivity contribution in [3.05, 3.63) is 62.0 Å². The highest BCUT2D eigenvalue weighted by Gasteiger charge is 2.22. The number of carboxylic acid groups (broad SMARTS) is 1. The summed E-state index contributed by atoms with van der Waals surface area (Å²) in [5.41, 5.74) is 8.84. The highest BCUT2D eigenvalue weighted by Crippen LogP contribution is 2.34. The van der Waals surface area contributed by atoms with Crippen molar-refractivity contribution >= 4 is 39.9 Å². The molecule has 0 bridgehead atoms. The maximum atomic E-state index is 11.8. The molecule has 0 radical (unpaired) electrons. The Morgan fingerprint density at radius 1 is 1.36 bits per heavy atom. The molecule has 150 valence electrons. The van der Waals surface area contributed by atoms with Crippen molar-refractivity contribution in [2.24, 2.45) is 5.73 Å². The van der Waals surface area contributed by atoms with Crippen LogP contribution in [0.1, 0.15) is 58.4 Å². The lowest BCUT2D eigenvalue weighted by molar-refractivity contribution is 0.0683. The van der Waals surface area contributed by atoms with E-state index in [-0.39, 0.29) is 23.8 Å². The number of aryl methyl sites for hydroxylation is 2. The van der Waals surface area contributed by atoms with E-state index in [1.54, 1.807) is 0 Å². The first-order valence-electron chi connectivity index (χ1n) is 8.97. The lowest BCUT2D eigenvalue weighted by atomic mass is 10.0. The van der Waals surface area contributed by atoms with Crippen molar-refractivity contribution in [2.45, 2.75) is 45.6 Å². The number of aromatic amines is 1. The van der Waals surface area contributed by atoms with E-state index in [9.17, 15) is 9.59 Å². The number of carbonyl (C=O) groups is 1. The first-order valence-corrected chi connectivity index (χ1v) is 9.79. The molecule has 3 aromatic rings. The lowest BCUT2D eigenvalue weighted by Gasteiger charge is -2.05. The van der Waals surface area contributed by atoms with E-state index in [0.29, 0.717) is 22.7 Å². The summed E-state index contributed by atoms with van der Waals surface area (Å²) < 4.78 is 0. The molecular weight excluding hydrogens is 398 g/mol. The molecule has 4 N–H and O–H groups in total. The summed E-state index contributed by atoms with van der Waals surface area (Å²) in [7, 11) is 0. The molecule has 0 amide bonds. The van der Waals surface area contributed by atoms with Crippen LogP contribution in [-0.4, -0.2) is 21.0 Å². The summed E-state index contributed by atoms with van der Waals surface area (Å²) in [5, 5.41) is 9.37. The summed E-state index contributed by atoms with van der Waals surface area (Å²) in [4.78, 5) is 30.5. The molecule has 6 nitrogen and oxygen atoms in total. The third-order valence-electron chi connectivity index (χ3n) is 4.63. The summed E-state index contributed by atoms with van der Waals surface area (Å²) in [6.45, 7) is 5.02. The Hall–Kier alpha value is -2.22. The van der Waals surface area contributed by atoms with Crippen molar-refractivity contribution in [3.63, 3.8) is 0 Å². The first-order chi connectivity index (χ1) is 12.9. The van der Waals surface area contributed by atoms with Gasteiger partial charge in [0.2, 0.25) is 5.82 Å². The lowest BCUT2D eigenvalue weighted by Crippen LogP contribution is -2.15. The summed E-state index contributed by atoms with van der Waals surface area (Å²) in [5.74, 6) is -0.883. The minimum absolute atomic E-state index is 0. The number of halogens is 1. The van der Waals surface area contributed by atoms with Gasteiger partial charge in [-0.3, -0.25) is 4.79 Å². The van der Waals surface area contributed by atoms with Gasteiger partial charge >= 0.3 is 5.97 Å². The Morgan fingerprint density at radius 3 is 2.75 bits per heavy atom. The molecule has 2 heterocycles. The number of aromatic carboxylic acids is 1. The van der Waals surface area contributed by atoms with Gasteiger partial charge in [-0.1, -0.05) is 38.1 Å². The molecule has 0 spiro atoms. The van der Waals surface area contributed by atoms with Gasteiger partial charge < -0.3 is 15.8 Å². The molecule has 1 aromatic carbocycles. The fourth-order valence-electron chi connectivity index (χ4n) is 3.18. The number of benzene rings is 1. The van der Waals surface area contributed by atoms with Gasteiger partial charge in [0, 0.05) is 11.4 Å². The summed E-state index contributed by atoms with van der Waals surface area (Å²) >= 11 is 1.44. The molecule has 0 saturated carbocycles. The van der Waals surface area contributed by atoms with Crippen LogP contribution in [0.15, 0.2) is 29.1 Å². The molecular formula is C20H24ClN3O3S. The van der Waals surface area contributed by atoms with Crippen molar-refractivity contribution in [1.82, 2.24) is 9.97 Å². The number of fused-ring (bicyclic) bond motifs is 3. The molecule has 0 unspecified atom stereocenters. The summed E-state index contributed by atoms with van der Waals surface area (Å²) in [6, 6.07) is 8.44. The average molecular weight is 422 g/mol. The topological polar surface area (TPSA) is 109 Å². The first kappa shape index (κ1) is 22.1. The maximum Gasteiger partial charge on any atom is 0.372 e. The second-order valence-electron chi connectivity index (χ2n) is 6.86. The number of H-pyrrole nitrogens is 1. The van der Waals surface area contributed by atoms with Crippen LogP contribution >= 0.6 is 23.7 Å². The van der Waals surface area contributed by atoms with Crippen LogP contribution in [0.4, 0.5) is 0 Å². The molecule has 8 heteroatoms. The van der Waals surface area contributed by atoms with Crippen molar-refractivity contribution < 1.29 is 9.90 Å².